The fourth-order valence-electron chi connectivity index (χ4n) is 4.66. The van der Waals surface area contributed by atoms with Gasteiger partial charge in [-0.2, -0.15) is 0 Å². The van der Waals surface area contributed by atoms with Gasteiger partial charge in [0, 0.05) is 26.1 Å². The second-order valence-corrected chi connectivity index (χ2v) is 8.93. The summed E-state index contributed by atoms with van der Waals surface area (Å²) in [5.74, 6) is 0.186. The monoisotopic (exact) mass is 398 g/mol. The number of aryl methyl sites for hydroxylation is 3. The molecule has 0 amide bonds. The van der Waals surface area contributed by atoms with E-state index in [1.165, 1.54) is 5.56 Å². The highest BCUT2D eigenvalue weighted by Gasteiger charge is 2.43. The third-order valence-corrected chi connectivity index (χ3v) is 6.34. The zero-order valence-electron chi connectivity index (χ0n) is 18.5. The highest BCUT2D eigenvalue weighted by Crippen LogP contribution is 2.48. The first-order chi connectivity index (χ1) is 13.8. The Morgan fingerprint density at radius 2 is 1.69 bits per heavy atom. The van der Waals surface area contributed by atoms with Gasteiger partial charge in [-0.05, 0) is 54.7 Å². The van der Waals surface area contributed by atoms with E-state index in [1.54, 1.807) is 0 Å². The van der Waals surface area contributed by atoms with Gasteiger partial charge in [0.2, 0.25) is 0 Å². The Kier molecular flexibility index (Phi) is 6.62. The summed E-state index contributed by atoms with van der Waals surface area (Å²) in [6, 6.07) is 4.32. The predicted octanol–water partition coefficient (Wildman–Crippen LogP) is 5.19. The topological polar surface area (TPSA) is 52.6 Å². The molecule has 0 bridgehead atoms. The van der Waals surface area contributed by atoms with Crippen molar-refractivity contribution >= 4 is 17.3 Å². The number of carbonyl (C=O) groups is 2. The normalized spacial score (nSPS) is 19.2. The summed E-state index contributed by atoms with van der Waals surface area (Å²) in [7, 11) is 0. The number of hydrogen-bond donors (Lipinski definition) is 0. The van der Waals surface area contributed by atoms with Gasteiger partial charge in [0.25, 0.3) is 0 Å². The molecule has 4 nitrogen and oxygen atoms in total. The van der Waals surface area contributed by atoms with Gasteiger partial charge in [0.1, 0.15) is 5.76 Å². The molecule has 1 saturated heterocycles. The molecule has 0 unspecified atom stereocenters. The lowest BCUT2D eigenvalue weighted by molar-refractivity contribution is -0.144. The first-order valence-electron chi connectivity index (χ1n) is 11.0. The Morgan fingerprint density at radius 3 is 2.21 bits per heavy atom. The number of carbonyl (C=O) groups excluding carboxylic acids is 2. The maximum absolute atomic E-state index is 13.6. The quantitative estimate of drug-likeness (QED) is 0.641. The van der Waals surface area contributed by atoms with E-state index in [2.05, 4.69) is 32.9 Å². The number of allylic oxidation sites excluding steroid dienone is 2. The molecule has 158 valence electrons. The van der Waals surface area contributed by atoms with Crippen molar-refractivity contribution < 1.29 is 19.1 Å². The molecule has 1 aliphatic carbocycles. The summed E-state index contributed by atoms with van der Waals surface area (Å²) < 4.78 is 11.5. The van der Waals surface area contributed by atoms with Crippen molar-refractivity contribution in [3.05, 3.63) is 40.1 Å². The number of Topliss-reactive ketones (excluding diaryl/α,β-unsaturated/α-hetero) is 1. The molecule has 1 heterocycles. The lowest BCUT2D eigenvalue weighted by Gasteiger charge is -2.41. The molecule has 1 fully saturated rings. The molecule has 0 atom stereocenters. The number of ketones is 1. The van der Waals surface area contributed by atoms with Crippen LogP contribution in [0.2, 0.25) is 0 Å². The highest BCUT2D eigenvalue weighted by atomic mass is 16.5. The SMILES string of the molecule is CCc1cc(C)cc(CC)c1C1=C(OC(=O)C(C)C)CC2(CCOCC2)CC1=O. The standard InChI is InChI=1S/C25H34O4/c1-6-18-12-17(5)13-19(7-2)22(18)23-20(26)14-25(8-10-28-11-9-25)15-21(23)29-24(27)16(3)4/h12-13,16H,6-11,14-15H2,1-5H3. The van der Waals surface area contributed by atoms with Gasteiger partial charge in [-0.15, -0.1) is 0 Å². The zero-order chi connectivity index (χ0) is 21.2. The first kappa shape index (κ1) is 21.8. The fourth-order valence-corrected chi connectivity index (χ4v) is 4.66. The van der Waals surface area contributed by atoms with Crippen LogP contribution in [0.3, 0.4) is 0 Å². The molecule has 0 radical (unpaired) electrons. The van der Waals surface area contributed by atoms with Crippen LogP contribution in [0.4, 0.5) is 0 Å². The number of benzene rings is 1. The minimum absolute atomic E-state index is 0.109. The molecule has 1 aromatic rings. The van der Waals surface area contributed by atoms with Crippen LogP contribution in [0, 0.1) is 18.3 Å². The van der Waals surface area contributed by atoms with Gasteiger partial charge in [-0.3, -0.25) is 9.59 Å². The van der Waals surface area contributed by atoms with Crippen LogP contribution in [-0.2, 0) is 31.9 Å². The Bertz CT molecular complexity index is 800. The van der Waals surface area contributed by atoms with Crippen LogP contribution in [0.1, 0.15) is 75.6 Å². The zero-order valence-corrected chi connectivity index (χ0v) is 18.5. The van der Waals surface area contributed by atoms with Crippen molar-refractivity contribution in [3.63, 3.8) is 0 Å². The maximum atomic E-state index is 13.6. The first-order valence-corrected chi connectivity index (χ1v) is 11.0. The number of ether oxygens (including phenoxy) is 2. The summed E-state index contributed by atoms with van der Waals surface area (Å²) in [4.78, 5) is 26.1. The molecule has 2 aliphatic rings. The molecule has 4 heteroatoms. The number of hydrogen-bond acceptors (Lipinski definition) is 4. The molecule has 0 saturated carbocycles. The van der Waals surface area contributed by atoms with Gasteiger partial charge in [0.15, 0.2) is 5.78 Å². The van der Waals surface area contributed by atoms with Crippen LogP contribution < -0.4 is 0 Å². The molecule has 1 aliphatic heterocycles. The minimum atomic E-state index is -0.266. The van der Waals surface area contributed by atoms with Crippen LogP contribution in [-0.4, -0.2) is 25.0 Å². The van der Waals surface area contributed by atoms with Gasteiger partial charge in [-0.25, -0.2) is 0 Å². The Hall–Kier alpha value is -1.94. The van der Waals surface area contributed by atoms with Crippen LogP contribution >= 0.6 is 0 Å². The van der Waals surface area contributed by atoms with E-state index in [0.29, 0.717) is 37.4 Å². The van der Waals surface area contributed by atoms with Crippen molar-refractivity contribution in [1.82, 2.24) is 0 Å². The average Bonchev–Trinajstić information content (AvgIpc) is 2.68. The average molecular weight is 399 g/mol. The van der Waals surface area contributed by atoms with Crippen molar-refractivity contribution in [2.24, 2.45) is 11.3 Å². The summed E-state index contributed by atoms with van der Waals surface area (Å²) in [6.45, 7) is 11.3. The Morgan fingerprint density at radius 1 is 1.10 bits per heavy atom. The molecular weight excluding hydrogens is 364 g/mol. The van der Waals surface area contributed by atoms with E-state index >= 15 is 0 Å². The molecule has 0 N–H and O–H groups in total. The lowest BCUT2D eigenvalue weighted by atomic mass is 9.67. The summed E-state index contributed by atoms with van der Waals surface area (Å²) >= 11 is 0. The smallest absolute Gasteiger partial charge is 0.313 e. The van der Waals surface area contributed by atoms with Gasteiger partial charge in [0.05, 0.1) is 11.5 Å². The van der Waals surface area contributed by atoms with E-state index in [0.717, 1.165) is 42.4 Å². The molecule has 3 rings (SSSR count). The van der Waals surface area contributed by atoms with Crippen molar-refractivity contribution in [3.8, 4) is 0 Å². The molecule has 29 heavy (non-hydrogen) atoms. The van der Waals surface area contributed by atoms with Crippen molar-refractivity contribution in [2.75, 3.05) is 13.2 Å². The predicted molar refractivity (Wildman–Crippen MR) is 115 cm³/mol. The van der Waals surface area contributed by atoms with E-state index < -0.39 is 0 Å². The summed E-state index contributed by atoms with van der Waals surface area (Å²) in [5, 5.41) is 0. The van der Waals surface area contributed by atoms with Crippen molar-refractivity contribution in [2.45, 2.75) is 73.1 Å². The second kappa shape index (κ2) is 8.83. The maximum Gasteiger partial charge on any atom is 0.313 e. The number of rotatable bonds is 5. The van der Waals surface area contributed by atoms with Crippen LogP contribution in [0.5, 0.6) is 0 Å². The Balaban J connectivity index is 2.18. The minimum Gasteiger partial charge on any atom is -0.430 e. The van der Waals surface area contributed by atoms with Crippen LogP contribution in [0.25, 0.3) is 5.57 Å². The molecular formula is C25H34O4. The van der Waals surface area contributed by atoms with Gasteiger partial charge < -0.3 is 9.47 Å². The second-order valence-electron chi connectivity index (χ2n) is 8.93. The van der Waals surface area contributed by atoms with E-state index in [9.17, 15) is 9.59 Å². The molecule has 1 aromatic carbocycles. The largest absolute Gasteiger partial charge is 0.430 e. The van der Waals surface area contributed by atoms with Crippen molar-refractivity contribution in [1.29, 1.82) is 0 Å². The van der Waals surface area contributed by atoms with E-state index in [4.69, 9.17) is 9.47 Å². The highest BCUT2D eigenvalue weighted by molar-refractivity contribution is 6.23. The lowest BCUT2D eigenvalue weighted by Crippen LogP contribution is -2.37. The van der Waals surface area contributed by atoms with E-state index in [-0.39, 0.29) is 23.1 Å². The van der Waals surface area contributed by atoms with Crippen LogP contribution in [0.15, 0.2) is 17.9 Å². The third-order valence-electron chi connectivity index (χ3n) is 6.34. The third kappa shape index (κ3) is 4.48. The van der Waals surface area contributed by atoms with Gasteiger partial charge in [-0.1, -0.05) is 45.4 Å². The Labute approximate surface area is 174 Å². The van der Waals surface area contributed by atoms with E-state index in [1.807, 2.05) is 13.8 Å². The fraction of sp³-hybridized carbons (Fsp3) is 0.600. The molecule has 0 aromatic heterocycles. The summed E-state index contributed by atoms with van der Waals surface area (Å²) in [6.07, 6.45) is 4.49. The number of esters is 1. The van der Waals surface area contributed by atoms with Gasteiger partial charge >= 0.3 is 5.97 Å². The summed E-state index contributed by atoms with van der Waals surface area (Å²) in [5.41, 5.74) is 5.02. The molecule has 1 spiro atoms.